The van der Waals surface area contributed by atoms with Crippen molar-refractivity contribution < 1.29 is 0 Å². The minimum absolute atomic E-state index is 0.518. The molecule has 2 atom stereocenters. The van der Waals surface area contributed by atoms with Gasteiger partial charge in [-0.15, -0.1) is 11.3 Å². The zero-order chi connectivity index (χ0) is 12.4. The molecule has 18 heavy (non-hydrogen) atoms. The van der Waals surface area contributed by atoms with Crippen LogP contribution in [0.15, 0.2) is 29.6 Å². The second-order valence-electron chi connectivity index (χ2n) is 4.77. The van der Waals surface area contributed by atoms with Crippen LogP contribution in [0.3, 0.4) is 0 Å². The molecule has 2 aromatic rings. The first kappa shape index (κ1) is 12.5. The van der Waals surface area contributed by atoms with Gasteiger partial charge in [-0.25, -0.2) is 0 Å². The third-order valence-electron chi connectivity index (χ3n) is 3.61. The Balaban J connectivity index is 2.00. The number of hydrogen-bond donors (Lipinski definition) is 1. The Morgan fingerprint density at radius 1 is 1.39 bits per heavy atom. The maximum atomic E-state index is 3.71. The van der Waals surface area contributed by atoms with Gasteiger partial charge >= 0.3 is 0 Å². The molecule has 1 aromatic carbocycles. The summed E-state index contributed by atoms with van der Waals surface area (Å²) in [4.78, 5) is 0. The quantitative estimate of drug-likeness (QED) is 0.886. The highest BCUT2D eigenvalue weighted by Gasteiger charge is 2.27. The summed E-state index contributed by atoms with van der Waals surface area (Å²) in [7, 11) is 0. The molecule has 1 aromatic heterocycles. The summed E-state index contributed by atoms with van der Waals surface area (Å²) >= 11 is 4.02. The van der Waals surface area contributed by atoms with Crippen molar-refractivity contribution in [2.24, 2.45) is 0 Å². The summed E-state index contributed by atoms with van der Waals surface area (Å²) in [6.45, 7) is 3.25. The Morgan fingerprint density at radius 3 is 3.11 bits per heavy atom. The lowest BCUT2D eigenvalue weighted by Crippen LogP contribution is -2.28. The fourth-order valence-corrected chi connectivity index (χ4v) is 5.15. The molecule has 1 fully saturated rings. The first-order chi connectivity index (χ1) is 8.90. The maximum absolute atomic E-state index is 3.71. The van der Waals surface area contributed by atoms with Gasteiger partial charge in [-0.05, 0) is 47.5 Å². The van der Waals surface area contributed by atoms with Gasteiger partial charge in [-0.2, -0.15) is 11.8 Å². The average molecular weight is 277 g/mol. The summed E-state index contributed by atoms with van der Waals surface area (Å²) < 4.78 is 1.47. The third kappa shape index (κ3) is 2.31. The second-order valence-corrected chi connectivity index (χ2v) is 7.04. The van der Waals surface area contributed by atoms with Crippen LogP contribution in [-0.2, 0) is 0 Å². The summed E-state index contributed by atoms with van der Waals surface area (Å²) in [5, 5.41) is 8.06. The molecule has 0 saturated carbocycles. The van der Waals surface area contributed by atoms with E-state index in [0.717, 1.165) is 11.8 Å². The van der Waals surface area contributed by atoms with Crippen molar-refractivity contribution in [3.63, 3.8) is 0 Å². The highest BCUT2D eigenvalue weighted by Crippen LogP contribution is 2.39. The average Bonchev–Trinajstić information content (AvgIpc) is 3.06. The molecule has 2 unspecified atom stereocenters. The van der Waals surface area contributed by atoms with Crippen LogP contribution < -0.4 is 5.32 Å². The van der Waals surface area contributed by atoms with Crippen molar-refractivity contribution in [3.05, 3.63) is 35.2 Å². The van der Waals surface area contributed by atoms with Crippen LogP contribution in [0.1, 0.15) is 31.4 Å². The fourth-order valence-electron chi connectivity index (χ4n) is 2.79. The molecule has 0 radical (unpaired) electrons. The minimum atomic E-state index is 0.518. The molecular weight excluding hydrogens is 258 g/mol. The van der Waals surface area contributed by atoms with E-state index in [9.17, 15) is 0 Å². The van der Waals surface area contributed by atoms with E-state index in [-0.39, 0.29) is 0 Å². The van der Waals surface area contributed by atoms with Crippen LogP contribution in [-0.4, -0.2) is 17.5 Å². The molecule has 1 nitrogen and oxygen atoms in total. The molecule has 1 N–H and O–H groups in total. The number of nitrogens with one attached hydrogen (secondary N) is 1. The van der Waals surface area contributed by atoms with Gasteiger partial charge in [0.05, 0.1) is 0 Å². The van der Waals surface area contributed by atoms with Crippen molar-refractivity contribution in [2.75, 3.05) is 12.3 Å². The number of hydrogen-bond acceptors (Lipinski definition) is 3. The third-order valence-corrected chi connectivity index (χ3v) is 6.04. The Labute approximate surface area is 117 Å². The molecule has 0 bridgehead atoms. The van der Waals surface area contributed by atoms with E-state index in [4.69, 9.17) is 0 Å². The van der Waals surface area contributed by atoms with E-state index >= 15 is 0 Å². The Bertz CT molecular complexity index is 514. The molecule has 1 saturated heterocycles. The number of thioether (sulfide) groups is 1. The van der Waals surface area contributed by atoms with Gasteiger partial charge < -0.3 is 5.32 Å². The highest BCUT2D eigenvalue weighted by molar-refractivity contribution is 8.00. The maximum Gasteiger partial charge on any atom is 0.0454 e. The molecule has 1 aliphatic heterocycles. The fraction of sp³-hybridized carbons (Fsp3) is 0.467. The van der Waals surface area contributed by atoms with Crippen LogP contribution in [0.4, 0.5) is 0 Å². The monoisotopic (exact) mass is 277 g/mol. The normalized spacial score (nSPS) is 21.5. The molecule has 96 valence electrons. The van der Waals surface area contributed by atoms with Crippen LogP contribution in [0, 0.1) is 0 Å². The zero-order valence-electron chi connectivity index (χ0n) is 10.7. The van der Waals surface area contributed by atoms with Crippen LogP contribution >= 0.6 is 23.1 Å². The number of benzene rings is 1. The van der Waals surface area contributed by atoms with E-state index in [1.54, 1.807) is 0 Å². The second kappa shape index (κ2) is 5.64. The lowest BCUT2D eigenvalue weighted by atomic mass is 9.99. The summed E-state index contributed by atoms with van der Waals surface area (Å²) in [5.41, 5.74) is 1.50. The standard InChI is InChI=1S/C15H19NS2/c1-2-16-14(13-7-4-9-17-13)12-6-3-5-11-8-10-18-15(11)12/h3,5-6,8,10,13-14,16H,2,4,7,9H2,1H3. The molecule has 0 spiro atoms. The van der Waals surface area contributed by atoms with Gasteiger partial charge in [0, 0.05) is 16.0 Å². The molecule has 1 aliphatic rings. The summed E-state index contributed by atoms with van der Waals surface area (Å²) in [6, 6.07) is 9.48. The van der Waals surface area contributed by atoms with Gasteiger partial charge in [0.25, 0.3) is 0 Å². The molecule has 0 amide bonds. The first-order valence-electron chi connectivity index (χ1n) is 6.71. The first-order valence-corrected chi connectivity index (χ1v) is 8.64. The topological polar surface area (TPSA) is 12.0 Å². The predicted molar refractivity (Wildman–Crippen MR) is 83.7 cm³/mol. The van der Waals surface area contributed by atoms with E-state index in [0.29, 0.717) is 6.04 Å². The Kier molecular flexibility index (Phi) is 3.92. The Hall–Kier alpha value is -0.510. The molecule has 3 rings (SSSR count). The molecule has 0 aliphatic carbocycles. The summed E-state index contributed by atoms with van der Waals surface area (Å²) in [5.74, 6) is 1.33. The van der Waals surface area contributed by atoms with E-state index in [1.807, 2.05) is 11.3 Å². The van der Waals surface area contributed by atoms with Crippen molar-refractivity contribution in [2.45, 2.75) is 31.1 Å². The van der Waals surface area contributed by atoms with Crippen molar-refractivity contribution in [3.8, 4) is 0 Å². The molecular formula is C15H19NS2. The Morgan fingerprint density at radius 2 is 2.33 bits per heavy atom. The smallest absolute Gasteiger partial charge is 0.0454 e. The predicted octanol–water partition coefficient (Wildman–Crippen LogP) is 4.45. The van der Waals surface area contributed by atoms with Gasteiger partial charge in [0.15, 0.2) is 0 Å². The van der Waals surface area contributed by atoms with Gasteiger partial charge in [0.2, 0.25) is 0 Å². The zero-order valence-corrected chi connectivity index (χ0v) is 12.3. The highest BCUT2D eigenvalue weighted by atomic mass is 32.2. The largest absolute Gasteiger partial charge is 0.309 e. The number of fused-ring (bicyclic) bond motifs is 1. The van der Waals surface area contributed by atoms with Crippen molar-refractivity contribution >= 4 is 33.2 Å². The molecule has 2 heterocycles. The van der Waals surface area contributed by atoms with Gasteiger partial charge in [-0.3, -0.25) is 0 Å². The molecule has 3 heteroatoms. The lowest BCUT2D eigenvalue weighted by Gasteiger charge is -2.24. The van der Waals surface area contributed by atoms with E-state index in [1.165, 1.54) is 34.2 Å². The SMILES string of the molecule is CCNC(c1cccc2ccsc12)C1CCCS1. The van der Waals surface area contributed by atoms with Crippen molar-refractivity contribution in [1.29, 1.82) is 0 Å². The van der Waals surface area contributed by atoms with Crippen molar-refractivity contribution in [1.82, 2.24) is 5.32 Å². The van der Waals surface area contributed by atoms with Crippen LogP contribution in [0.2, 0.25) is 0 Å². The summed E-state index contributed by atoms with van der Waals surface area (Å²) in [6.07, 6.45) is 2.72. The number of rotatable bonds is 4. The van der Waals surface area contributed by atoms with Crippen LogP contribution in [0.5, 0.6) is 0 Å². The van der Waals surface area contributed by atoms with Gasteiger partial charge in [0.1, 0.15) is 0 Å². The van der Waals surface area contributed by atoms with E-state index < -0.39 is 0 Å². The van der Waals surface area contributed by atoms with Gasteiger partial charge in [-0.1, -0.05) is 25.1 Å². The number of thiophene rings is 1. The minimum Gasteiger partial charge on any atom is -0.309 e. The van der Waals surface area contributed by atoms with Crippen LogP contribution in [0.25, 0.3) is 10.1 Å². The lowest BCUT2D eigenvalue weighted by molar-refractivity contribution is 0.522. The van der Waals surface area contributed by atoms with E-state index in [2.05, 4.69) is 53.6 Å².